The van der Waals surface area contributed by atoms with Gasteiger partial charge in [0.1, 0.15) is 0 Å². The van der Waals surface area contributed by atoms with E-state index in [4.69, 9.17) is 4.74 Å². The van der Waals surface area contributed by atoms with Gasteiger partial charge in [-0.05, 0) is 51.7 Å². The predicted molar refractivity (Wildman–Crippen MR) is 68.1 cm³/mol. The number of piperidine rings is 1. The molecule has 0 aromatic rings. The second kappa shape index (κ2) is 6.69. The lowest BCUT2D eigenvalue weighted by Crippen LogP contribution is -2.44. The summed E-state index contributed by atoms with van der Waals surface area (Å²) in [5.74, 6) is 0.782. The van der Waals surface area contributed by atoms with E-state index < -0.39 is 0 Å². The third-order valence-corrected chi connectivity index (χ3v) is 3.72. The Balaban J connectivity index is 1.48. The Morgan fingerprint density at radius 1 is 1.29 bits per heavy atom. The van der Waals surface area contributed by atoms with Gasteiger partial charge in [0.2, 0.25) is 0 Å². The maximum atomic E-state index is 9.77. The summed E-state index contributed by atoms with van der Waals surface area (Å²) in [6, 6.07) is 0.573. The minimum atomic E-state index is -0.353. The lowest BCUT2D eigenvalue weighted by molar-refractivity contribution is 0.0301. The molecule has 1 saturated heterocycles. The molecule has 0 bridgehead atoms. The van der Waals surface area contributed by atoms with E-state index in [0.717, 1.165) is 25.6 Å². The summed E-state index contributed by atoms with van der Waals surface area (Å²) in [6.07, 6.45) is 4.64. The maximum Gasteiger partial charge on any atom is 0.0897 e. The molecule has 0 amide bonds. The van der Waals surface area contributed by atoms with Gasteiger partial charge in [-0.15, -0.1) is 0 Å². The van der Waals surface area contributed by atoms with E-state index in [-0.39, 0.29) is 6.10 Å². The quantitative estimate of drug-likeness (QED) is 0.681. The van der Waals surface area contributed by atoms with Crippen molar-refractivity contribution < 1.29 is 9.84 Å². The summed E-state index contributed by atoms with van der Waals surface area (Å²) >= 11 is 0. The fraction of sp³-hybridized carbons (Fsp3) is 1.00. The molecule has 4 nitrogen and oxygen atoms in total. The minimum Gasteiger partial charge on any atom is -0.389 e. The van der Waals surface area contributed by atoms with Crippen LogP contribution in [0.2, 0.25) is 0 Å². The first-order chi connectivity index (χ1) is 8.24. The van der Waals surface area contributed by atoms with Crippen LogP contribution in [0.3, 0.4) is 0 Å². The first-order valence-electron chi connectivity index (χ1n) is 6.92. The van der Waals surface area contributed by atoms with Crippen LogP contribution in [0.25, 0.3) is 0 Å². The Bertz CT molecular complexity index is 213. The normalized spacial score (nSPS) is 25.1. The molecule has 1 unspecified atom stereocenters. The zero-order valence-electron chi connectivity index (χ0n) is 10.9. The zero-order chi connectivity index (χ0) is 12.1. The van der Waals surface area contributed by atoms with Gasteiger partial charge in [-0.25, -0.2) is 0 Å². The summed E-state index contributed by atoms with van der Waals surface area (Å²) in [6.45, 7) is 4.30. The van der Waals surface area contributed by atoms with Crippen molar-refractivity contribution in [3.63, 3.8) is 0 Å². The van der Waals surface area contributed by atoms with E-state index in [1.807, 2.05) is 0 Å². The molecule has 0 aromatic carbocycles. The first-order valence-corrected chi connectivity index (χ1v) is 6.92. The van der Waals surface area contributed by atoms with Crippen molar-refractivity contribution in [3.8, 4) is 0 Å². The SMILES string of the molecule is CN1CCC(NCC(O)COCC2CC2)CC1. The van der Waals surface area contributed by atoms with Crippen LogP contribution < -0.4 is 5.32 Å². The molecule has 1 aliphatic carbocycles. The number of hydrogen-bond acceptors (Lipinski definition) is 4. The van der Waals surface area contributed by atoms with Crippen LogP contribution >= 0.6 is 0 Å². The lowest BCUT2D eigenvalue weighted by Gasteiger charge is -2.30. The van der Waals surface area contributed by atoms with Gasteiger partial charge < -0.3 is 20.1 Å². The van der Waals surface area contributed by atoms with Gasteiger partial charge in [0.05, 0.1) is 12.7 Å². The summed E-state index contributed by atoms with van der Waals surface area (Å²) in [4.78, 5) is 2.35. The molecule has 1 saturated carbocycles. The highest BCUT2D eigenvalue weighted by Crippen LogP contribution is 2.28. The fourth-order valence-electron chi connectivity index (χ4n) is 2.23. The number of hydrogen-bond donors (Lipinski definition) is 2. The van der Waals surface area contributed by atoms with E-state index in [0.29, 0.717) is 19.2 Å². The van der Waals surface area contributed by atoms with Crippen LogP contribution in [0.5, 0.6) is 0 Å². The van der Waals surface area contributed by atoms with Crippen molar-refractivity contribution >= 4 is 0 Å². The number of rotatable bonds is 7. The van der Waals surface area contributed by atoms with Crippen LogP contribution in [-0.2, 0) is 4.74 Å². The summed E-state index contributed by atoms with van der Waals surface area (Å²) < 4.78 is 5.48. The molecule has 0 aromatic heterocycles. The van der Waals surface area contributed by atoms with Gasteiger partial charge in [-0.1, -0.05) is 0 Å². The van der Waals surface area contributed by atoms with Crippen LogP contribution in [0.15, 0.2) is 0 Å². The average molecular weight is 242 g/mol. The average Bonchev–Trinajstić information content (AvgIpc) is 3.12. The number of nitrogens with zero attached hydrogens (tertiary/aromatic N) is 1. The highest BCUT2D eigenvalue weighted by molar-refractivity contribution is 4.77. The topological polar surface area (TPSA) is 44.7 Å². The van der Waals surface area contributed by atoms with Crippen LogP contribution in [-0.4, -0.2) is 62.0 Å². The molecular formula is C13H26N2O2. The number of nitrogens with one attached hydrogen (secondary N) is 1. The van der Waals surface area contributed by atoms with Crippen molar-refractivity contribution in [2.24, 2.45) is 5.92 Å². The van der Waals surface area contributed by atoms with E-state index in [1.165, 1.54) is 25.7 Å². The molecule has 2 N–H and O–H groups in total. The standard InChI is InChI=1S/C13H26N2O2/c1-15-6-4-12(5-7-15)14-8-13(16)10-17-9-11-2-3-11/h11-14,16H,2-10H2,1H3. The van der Waals surface area contributed by atoms with Crippen LogP contribution in [0.1, 0.15) is 25.7 Å². The molecule has 1 heterocycles. The largest absolute Gasteiger partial charge is 0.389 e. The third-order valence-electron chi connectivity index (χ3n) is 3.72. The number of aliphatic hydroxyl groups excluding tert-OH is 1. The molecule has 4 heteroatoms. The van der Waals surface area contributed by atoms with Crippen molar-refractivity contribution in [3.05, 3.63) is 0 Å². The monoisotopic (exact) mass is 242 g/mol. The Kier molecular flexibility index (Phi) is 5.22. The molecule has 1 aliphatic heterocycles. The molecule has 0 spiro atoms. The Hall–Kier alpha value is -0.160. The molecular weight excluding hydrogens is 216 g/mol. The van der Waals surface area contributed by atoms with Crippen molar-refractivity contribution in [2.45, 2.75) is 37.8 Å². The van der Waals surface area contributed by atoms with Crippen molar-refractivity contribution in [2.75, 3.05) is 39.9 Å². The molecule has 2 aliphatic rings. The van der Waals surface area contributed by atoms with E-state index in [2.05, 4.69) is 17.3 Å². The van der Waals surface area contributed by atoms with E-state index in [9.17, 15) is 5.11 Å². The van der Waals surface area contributed by atoms with Crippen molar-refractivity contribution in [1.29, 1.82) is 0 Å². The maximum absolute atomic E-state index is 9.77. The molecule has 17 heavy (non-hydrogen) atoms. The second-order valence-corrected chi connectivity index (χ2v) is 5.62. The smallest absolute Gasteiger partial charge is 0.0897 e. The second-order valence-electron chi connectivity index (χ2n) is 5.62. The van der Waals surface area contributed by atoms with Crippen LogP contribution in [0.4, 0.5) is 0 Å². The Morgan fingerprint density at radius 2 is 2.00 bits per heavy atom. The molecule has 2 rings (SSSR count). The van der Waals surface area contributed by atoms with Gasteiger partial charge in [-0.3, -0.25) is 0 Å². The third kappa shape index (κ3) is 5.34. The summed E-state index contributed by atoms with van der Waals surface area (Å²) in [5, 5.41) is 13.2. The zero-order valence-corrected chi connectivity index (χ0v) is 10.9. The first kappa shape index (κ1) is 13.3. The van der Waals surface area contributed by atoms with Gasteiger partial charge in [0, 0.05) is 19.2 Å². The molecule has 1 atom stereocenters. The summed E-state index contributed by atoms with van der Waals surface area (Å²) in [5.41, 5.74) is 0. The number of likely N-dealkylation sites (tertiary alicyclic amines) is 1. The van der Waals surface area contributed by atoms with Crippen LogP contribution in [0, 0.1) is 5.92 Å². The molecule has 0 radical (unpaired) electrons. The highest BCUT2D eigenvalue weighted by atomic mass is 16.5. The van der Waals surface area contributed by atoms with Crippen molar-refractivity contribution in [1.82, 2.24) is 10.2 Å². The predicted octanol–water partition coefficient (Wildman–Crippen LogP) is 0.458. The Labute approximate surface area is 104 Å². The van der Waals surface area contributed by atoms with Gasteiger partial charge >= 0.3 is 0 Å². The molecule has 100 valence electrons. The Morgan fingerprint density at radius 3 is 2.65 bits per heavy atom. The van der Waals surface area contributed by atoms with E-state index >= 15 is 0 Å². The number of aliphatic hydroxyl groups is 1. The van der Waals surface area contributed by atoms with E-state index in [1.54, 1.807) is 0 Å². The highest BCUT2D eigenvalue weighted by Gasteiger charge is 2.22. The minimum absolute atomic E-state index is 0.353. The van der Waals surface area contributed by atoms with Gasteiger partial charge in [0.15, 0.2) is 0 Å². The fourth-order valence-corrected chi connectivity index (χ4v) is 2.23. The van der Waals surface area contributed by atoms with Gasteiger partial charge in [-0.2, -0.15) is 0 Å². The van der Waals surface area contributed by atoms with Gasteiger partial charge in [0.25, 0.3) is 0 Å². The molecule has 2 fully saturated rings. The summed E-state index contributed by atoms with van der Waals surface area (Å²) in [7, 11) is 2.16. The number of ether oxygens (including phenoxy) is 1. The lowest BCUT2D eigenvalue weighted by atomic mass is 10.1.